The van der Waals surface area contributed by atoms with Gasteiger partial charge < -0.3 is 19.5 Å². The predicted molar refractivity (Wildman–Crippen MR) is 102 cm³/mol. The summed E-state index contributed by atoms with van der Waals surface area (Å²) in [6, 6.07) is 5.48. The van der Waals surface area contributed by atoms with Crippen LogP contribution < -0.4 is 5.32 Å². The Kier molecular flexibility index (Phi) is 6.01. The SMILES string of the molecule is Cc1cc(CNC(=O)N(C)[C@@H]2CCCN(C(=O)c3cocn3)C2)ccc1Cl. The second kappa shape index (κ2) is 8.43. The van der Waals surface area contributed by atoms with Crippen LogP contribution in [0.1, 0.15) is 34.5 Å². The zero-order chi connectivity index (χ0) is 19.4. The smallest absolute Gasteiger partial charge is 0.317 e. The summed E-state index contributed by atoms with van der Waals surface area (Å²) >= 11 is 6.03. The second-order valence-corrected chi connectivity index (χ2v) is 7.18. The number of amides is 3. The lowest BCUT2D eigenvalue weighted by molar-refractivity contribution is 0.0630. The van der Waals surface area contributed by atoms with E-state index in [0.29, 0.717) is 30.4 Å². The summed E-state index contributed by atoms with van der Waals surface area (Å²) in [7, 11) is 1.76. The first-order valence-electron chi connectivity index (χ1n) is 8.89. The van der Waals surface area contributed by atoms with Crippen molar-refractivity contribution in [1.29, 1.82) is 0 Å². The van der Waals surface area contributed by atoms with Crippen molar-refractivity contribution in [1.82, 2.24) is 20.1 Å². The molecule has 3 rings (SSSR count). The van der Waals surface area contributed by atoms with Crippen LogP contribution in [0.5, 0.6) is 0 Å². The molecular formula is C19H23ClN4O3. The Morgan fingerprint density at radius 1 is 1.44 bits per heavy atom. The highest BCUT2D eigenvalue weighted by Crippen LogP contribution is 2.18. The van der Waals surface area contributed by atoms with Crippen LogP contribution in [-0.2, 0) is 6.54 Å². The second-order valence-electron chi connectivity index (χ2n) is 6.77. The largest absolute Gasteiger partial charge is 0.451 e. The third-order valence-corrected chi connectivity index (χ3v) is 5.29. The van der Waals surface area contributed by atoms with Gasteiger partial charge in [0.1, 0.15) is 6.26 Å². The van der Waals surface area contributed by atoms with Crippen molar-refractivity contribution in [3.05, 3.63) is 52.7 Å². The van der Waals surface area contributed by atoms with Crippen molar-refractivity contribution in [2.75, 3.05) is 20.1 Å². The van der Waals surface area contributed by atoms with Crippen LogP contribution in [-0.4, -0.2) is 52.9 Å². The average Bonchev–Trinajstić information content (AvgIpc) is 3.22. The molecule has 0 unspecified atom stereocenters. The minimum absolute atomic E-state index is 0.0402. The van der Waals surface area contributed by atoms with Crippen LogP contribution in [0.25, 0.3) is 0 Å². The minimum Gasteiger partial charge on any atom is -0.451 e. The van der Waals surface area contributed by atoms with Crippen LogP contribution in [0.2, 0.25) is 5.02 Å². The van der Waals surface area contributed by atoms with Gasteiger partial charge in [0.2, 0.25) is 0 Å². The highest BCUT2D eigenvalue weighted by Gasteiger charge is 2.29. The first-order chi connectivity index (χ1) is 13.0. The highest BCUT2D eigenvalue weighted by molar-refractivity contribution is 6.31. The quantitative estimate of drug-likeness (QED) is 0.870. The van der Waals surface area contributed by atoms with Gasteiger partial charge in [-0.15, -0.1) is 0 Å². The lowest BCUT2D eigenvalue weighted by atomic mass is 10.0. The number of oxazole rings is 1. The number of urea groups is 1. The molecule has 1 aliphatic rings. The Morgan fingerprint density at radius 2 is 2.26 bits per heavy atom. The van der Waals surface area contributed by atoms with Crippen LogP contribution >= 0.6 is 11.6 Å². The Balaban J connectivity index is 1.55. The van der Waals surface area contributed by atoms with E-state index in [4.69, 9.17) is 16.0 Å². The molecule has 7 nitrogen and oxygen atoms in total. The molecule has 1 aromatic carbocycles. The first kappa shape index (κ1) is 19.2. The van der Waals surface area contributed by atoms with E-state index in [2.05, 4.69) is 10.3 Å². The molecule has 1 aliphatic heterocycles. The van der Waals surface area contributed by atoms with Crippen molar-refractivity contribution < 1.29 is 14.0 Å². The Labute approximate surface area is 163 Å². The van der Waals surface area contributed by atoms with Gasteiger partial charge in [-0.2, -0.15) is 0 Å². The number of carbonyl (C=O) groups is 2. The van der Waals surface area contributed by atoms with Gasteiger partial charge in [0.25, 0.3) is 5.91 Å². The summed E-state index contributed by atoms with van der Waals surface area (Å²) in [6.45, 7) is 3.50. The lowest BCUT2D eigenvalue weighted by Crippen LogP contribution is -2.52. The van der Waals surface area contributed by atoms with Gasteiger partial charge in [0.05, 0.1) is 6.04 Å². The summed E-state index contributed by atoms with van der Waals surface area (Å²) in [4.78, 5) is 32.3. The molecule has 0 radical (unpaired) electrons. The molecule has 0 spiro atoms. The van der Waals surface area contributed by atoms with E-state index in [1.165, 1.54) is 12.7 Å². The van der Waals surface area contributed by atoms with Gasteiger partial charge >= 0.3 is 6.03 Å². The van der Waals surface area contributed by atoms with Crippen molar-refractivity contribution in [2.45, 2.75) is 32.4 Å². The van der Waals surface area contributed by atoms with E-state index in [1.807, 2.05) is 25.1 Å². The summed E-state index contributed by atoms with van der Waals surface area (Å²) in [5.41, 5.74) is 2.26. The number of likely N-dealkylation sites (N-methyl/N-ethyl adjacent to an activating group) is 1. The minimum atomic E-state index is -0.168. The molecule has 8 heteroatoms. The maximum absolute atomic E-state index is 12.5. The normalized spacial score (nSPS) is 16.9. The van der Waals surface area contributed by atoms with E-state index in [0.717, 1.165) is 24.0 Å². The number of aryl methyl sites for hydroxylation is 1. The standard InChI is InChI=1S/C19H23ClN4O3/c1-13-8-14(5-6-16(13)20)9-21-19(26)23(2)15-4-3-7-24(10-15)18(25)17-11-27-12-22-17/h5-6,8,11-12,15H,3-4,7,9-10H2,1-2H3,(H,21,26)/t15-/m1/s1. The molecule has 1 saturated heterocycles. The van der Waals surface area contributed by atoms with E-state index in [9.17, 15) is 9.59 Å². The molecule has 2 heterocycles. The molecule has 0 saturated carbocycles. The van der Waals surface area contributed by atoms with Gasteiger partial charge in [-0.25, -0.2) is 9.78 Å². The summed E-state index contributed by atoms with van der Waals surface area (Å²) in [5.74, 6) is -0.168. The first-order valence-corrected chi connectivity index (χ1v) is 9.26. The Morgan fingerprint density at radius 3 is 2.96 bits per heavy atom. The fraction of sp³-hybridized carbons (Fsp3) is 0.421. The van der Waals surface area contributed by atoms with E-state index in [-0.39, 0.29) is 18.0 Å². The maximum atomic E-state index is 12.5. The maximum Gasteiger partial charge on any atom is 0.317 e. The van der Waals surface area contributed by atoms with Crippen molar-refractivity contribution in [3.63, 3.8) is 0 Å². The molecule has 1 aromatic heterocycles. The van der Waals surface area contributed by atoms with Crippen LogP contribution in [0.4, 0.5) is 4.79 Å². The van der Waals surface area contributed by atoms with Crippen LogP contribution in [0.15, 0.2) is 35.3 Å². The van der Waals surface area contributed by atoms with Crippen LogP contribution in [0, 0.1) is 6.92 Å². The van der Waals surface area contributed by atoms with Crippen molar-refractivity contribution in [2.24, 2.45) is 0 Å². The zero-order valence-electron chi connectivity index (χ0n) is 15.4. The molecule has 1 atom stereocenters. The number of hydrogen-bond donors (Lipinski definition) is 1. The molecule has 0 bridgehead atoms. The monoisotopic (exact) mass is 390 g/mol. The predicted octanol–water partition coefficient (Wildman–Crippen LogP) is 3.08. The van der Waals surface area contributed by atoms with Gasteiger partial charge in [-0.05, 0) is 37.0 Å². The number of piperidine rings is 1. The number of carbonyl (C=O) groups excluding carboxylic acids is 2. The molecule has 27 heavy (non-hydrogen) atoms. The van der Waals surface area contributed by atoms with E-state index in [1.54, 1.807) is 16.8 Å². The molecule has 1 N–H and O–H groups in total. The zero-order valence-corrected chi connectivity index (χ0v) is 16.2. The fourth-order valence-electron chi connectivity index (χ4n) is 3.22. The Bertz CT molecular complexity index is 809. The van der Waals surface area contributed by atoms with Crippen molar-refractivity contribution in [3.8, 4) is 0 Å². The van der Waals surface area contributed by atoms with Gasteiger partial charge in [-0.3, -0.25) is 4.79 Å². The summed E-state index contributed by atoms with van der Waals surface area (Å²) in [5, 5.41) is 3.64. The molecule has 3 amide bonds. The number of rotatable bonds is 4. The van der Waals surface area contributed by atoms with E-state index >= 15 is 0 Å². The third-order valence-electron chi connectivity index (χ3n) is 4.87. The summed E-state index contributed by atoms with van der Waals surface area (Å²) in [6.07, 6.45) is 4.28. The third kappa shape index (κ3) is 4.60. The highest BCUT2D eigenvalue weighted by atomic mass is 35.5. The molecule has 144 valence electrons. The molecule has 2 aromatic rings. The average molecular weight is 391 g/mol. The molecule has 1 fully saturated rings. The number of nitrogens with one attached hydrogen (secondary N) is 1. The van der Waals surface area contributed by atoms with E-state index < -0.39 is 0 Å². The number of halogens is 1. The number of hydrogen-bond acceptors (Lipinski definition) is 4. The number of aromatic nitrogens is 1. The molecule has 0 aliphatic carbocycles. The van der Waals surface area contributed by atoms with Gasteiger partial charge in [0.15, 0.2) is 12.1 Å². The van der Waals surface area contributed by atoms with Crippen LogP contribution in [0.3, 0.4) is 0 Å². The Hall–Kier alpha value is -2.54. The number of nitrogens with zero attached hydrogens (tertiary/aromatic N) is 3. The topological polar surface area (TPSA) is 78.7 Å². The lowest BCUT2D eigenvalue weighted by Gasteiger charge is -2.37. The van der Waals surface area contributed by atoms with Crippen molar-refractivity contribution >= 4 is 23.5 Å². The number of likely N-dealkylation sites (tertiary alicyclic amines) is 1. The van der Waals surface area contributed by atoms with Gasteiger partial charge in [0, 0.05) is 31.7 Å². The van der Waals surface area contributed by atoms with Gasteiger partial charge in [-0.1, -0.05) is 23.7 Å². The fourth-order valence-corrected chi connectivity index (χ4v) is 3.34. The molecular weight excluding hydrogens is 368 g/mol. The summed E-state index contributed by atoms with van der Waals surface area (Å²) < 4.78 is 4.89. The number of benzene rings is 1.